The Morgan fingerprint density at radius 1 is 0.811 bits per heavy atom. The summed E-state index contributed by atoms with van der Waals surface area (Å²) in [6, 6.07) is 35.2. The lowest BCUT2D eigenvalue weighted by Crippen LogP contribution is -2.23. The molecule has 0 aliphatic heterocycles. The largest absolute Gasteiger partial charge is 0.477 e. The molecule has 1 aliphatic rings. The van der Waals surface area contributed by atoms with Crippen molar-refractivity contribution in [2.75, 3.05) is 4.90 Å². The number of fused-ring (bicyclic) bond motifs is 3. The Morgan fingerprint density at radius 2 is 1.43 bits per heavy atom. The second-order valence-corrected chi connectivity index (χ2v) is 9.31. The Morgan fingerprint density at radius 3 is 1.97 bits per heavy atom. The Balaban J connectivity index is 1.70. The summed E-state index contributed by atoms with van der Waals surface area (Å²) in [4.78, 5) is 13.7. The molecule has 0 aromatic heterocycles. The molecule has 0 amide bonds. The topological polar surface area (TPSA) is 64.3 Å². The zero-order valence-electron chi connectivity index (χ0n) is 21.0. The van der Waals surface area contributed by atoms with Crippen LogP contribution in [-0.2, 0) is 10.2 Å². The number of carboxylic acids is 1. The van der Waals surface area contributed by atoms with E-state index in [4.69, 9.17) is 0 Å². The second-order valence-electron chi connectivity index (χ2n) is 9.31. The van der Waals surface area contributed by atoms with Crippen LogP contribution in [0.1, 0.15) is 43.4 Å². The van der Waals surface area contributed by atoms with Gasteiger partial charge in [0.25, 0.3) is 0 Å². The Bertz CT molecular complexity index is 1490. The Labute approximate surface area is 217 Å². The average Bonchev–Trinajstić information content (AvgIpc) is 3.21. The molecule has 4 aromatic rings. The third-order valence-corrected chi connectivity index (χ3v) is 7.52. The summed E-state index contributed by atoms with van der Waals surface area (Å²) in [6.07, 6.45) is 3.33. The molecule has 0 fully saturated rings. The highest BCUT2D eigenvalue weighted by Gasteiger charge is 2.41. The van der Waals surface area contributed by atoms with Crippen LogP contribution in [0.3, 0.4) is 0 Å². The number of rotatable bonds is 7. The molecule has 0 spiro atoms. The molecule has 37 heavy (non-hydrogen) atoms. The van der Waals surface area contributed by atoms with Crippen molar-refractivity contribution in [1.29, 1.82) is 5.26 Å². The number of aliphatic carboxylic acids is 1. The van der Waals surface area contributed by atoms with Crippen molar-refractivity contribution in [3.8, 4) is 17.2 Å². The van der Waals surface area contributed by atoms with Crippen LogP contribution in [0.5, 0.6) is 0 Å². The predicted molar refractivity (Wildman–Crippen MR) is 149 cm³/mol. The lowest BCUT2D eigenvalue weighted by atomic mass is 9.73. The predicted octanol–water partition coefficient (Wildman–Crippen LogP) is 8.23. The summed E-state index contributed by atoms with van der Waals surface area (Å²) in [7, 11) is 0. The van der Waals surface area contributed by atoms with E-state index in [0.29, 0.717) is 5.56 Å². The average molecular weight is 485 g/mol. The number of hydrogen-bond acceptors (Lipinski definition) is 3. The van der Waals surface area contributed by atoms with E-state index in [1.54, 1.807) is 6.07 Å². The first kappa shape index (κ1) is 24.1. The number of carbonyl (C=O) groups is 1. The van der Waals surface area contributed by atoms with E-state index < -0.39 is 5.97 Å². The number of para-hydroxylation sites is 2. The van der Waals surface area contributed by atoms with Gasteiger partial charge >= 0.3 is 5.97 Å². The first-order valence-electron chi connectivity index (χ1n) is 12.6. The van der Waals surface area contributed by atoms with Crippen LogP contribution in [0.15, 0.2) is 103 Å². The van der Waals surface area contributed by atoms with E-state index in [2.05, 4.69) is 91.5 Å². The maximum atomic E-state index is 11.4. The fraction of sp³-hybridized carbons (Fsp3) is 0.152. The zero-order valence-corrected chi connectivity index (χ0v) is 21.0. The third kappa shape index (κ3) is 4.09. The van der Waals surface area contributed by atoms with Crippen molar-refractivity contribution in [2.45, 2.75) is 32.1 Å². The maximum Gasteiger partial charge on any atom is 0.346 e. The molecule has 0 radical (unpaired) electrons. The van der Waals surface area contributed by atoms with Crippen molar-refractivity contribution in [1.82, 2.24) is 0 Å². The van der Waals surface area contributed by atoms with Crippen LogP contribution in [0, 0.1) is 11.3 Å². The summed E-state index contributed by atoms with van der Waals surface area (Å²) in [5.41, 5.74) is 8.36. The monoisotopic (exact) mass is 484 g/mol. The molecule has 4 aromatic carbocycles. The molecule has 0 saturated carbocycles. The SMILES string of the molecule is CCC1(CC)c2ccc(/C=C(/C#N)C(=O)O)cc2-c2ccc(N(c3ccccc3)c3ccccc3)cc21. The lowest BCUT2D eigenvalue weighted by molar-refractivity contribution is -0.132. The summed E-state index contributed by atoms with van der Waals surface area (Å²) in [5, 5.41) is 18.6. The van der Waals surface area contributed by atoms with Gasteiger partial charge in [0.1, 0.15) is 11.6 Å². The first-order chi connectivity index (χ1) is 18.0. The zero-order chi connectivity index (χ0) is 26.0. The van der Waals surface area contributed by atoms with Crippen LogP contribution in [-0.4, -0.2) is 11.1 Å². The van der Waals surface area contributed by atoms with Gasteiger partial charge in [0, 0.05) is 22.5 Å². The van der Waals surface area contributed by atoms with Crippen molar-refractivity contribution < 1.29 is 9.90 Å². The maximum absolute atomic E-state index is 11.4. The van der Waals surface area contributed by atoms with Crippen LogP contribution >= 0.6 is 0 Å². The molecular formula is C33H28N2O2. The number of benzene rings is 4. The van der Waals surface area contributed by atoms with Gasteiger partial charge in [-0.25, -0.2) is 4.79 Å². The minimum absolute atomic E-state index is 0.146. The van der Waals surface area contributed by atoms with Crippen LogP contribution in [0.4, 0.5) is 17.1 Å². The number of hydrogen-bond donors (Lipinski definition) is 1. The van der Waals surface area contributed by atoms with Crippen LogP contribution in [0.2, 0.25) is 0 Å². The molecule has 4 heteroatoms. The quantitative estimate of drug-likeness (QED) is 0.212. The van der Waals surface area contributed by atoms with E-state index in [-0.39, 0.29) is 11.0 Å². The van der Waals surface area contributed by atoms with Gasteiger partial charge in [0.05, 0.1) is 0 Å². The van der Waals surface area contributed by atoms with Gasteiger partial charge < -0.3 is 10.0 Å². The van der Waals surface area contributed by atoms with Gasteiger partial charge in [-0.15, -0.1) is 0 Å². The van der Waals surface area contributed by atoms with Crippen molar-refractivity contribution in [2.24, 2.45) is 0 Å². The molecule has 4 nitrogen and oxygen atoms in total. The smallest absolute Gasteiger partial charge is 0.346 e. The van der Waals surface area contributed by atoms with Gasteiger partial charge in [-0.05, 0) is 89.2 Å². The van der Waals surface area contributed by atoms with E-state index in [0.717, 1.165) is 41.0 Å². The molecule has 0 atom stereocenters. The van der Waals surface area contributed by atoms with Gasteiger partial charge in [0.2, 0.25) is 0 Å². The van der Waals surface area contributed by atoms with Crippen molar-refractivity contribution in [3.05, 3.63) is 119 Å². The standard InChI is InChI=1S/C33H28N2O2/c1-3-33(4-2)30-18-15-23(19-24(22-34)32(36)37)20-29(30)28-17-16-27(21-31(28)33)35(25-11-7-5-8-12-25)26-13-9-6-10-14-26/h5-21H,3-4H2,1-2H3,(H,36,37)/b24-19-. The highest BCUT2D eigenvalue weighted by molar-refractivity contribution is 5.97. The van der Waals surface area contributed by atoms with Gasteiger partial charge in [0.15, 0.2) is 0 Å². The van der Waals surface area contributed by atoms with Gasteiger partial charge in [-0.2, -0.15) is 5.26 Å². The van der Waals surface area contributed by atoms with E-state index in [9.17, 15) is 15.2 Å². The van der Waals surface area contributed by atoms with Gasteiger partial charge in [-0.1, -0.05) is 68.4 Å². The third-order valence-electron chi connectivity index (χ3n) is 7.52. The minimum atomic E-state index is -1.22. The molecule has 1 aliphatic carbocycles. The Kier molecular flexibility index (Phi) is 6.38. The molecule has 0 heterocycles. The summed E-state index contributed by atoms with van der Waals surface area (Å²) in [5.74, 6) is -1.22. The molecule has 0 bridgehead atoms. The molecule has 1 N–H and O–H groups in total. The molecule has 0 unspecified atom stereocenters. The minimum Gasteiger partial charge on any atom is -0.477 e. The number of carboxylic acid groups (broad SMARTS) is 1. The van der Waals surface area contributed by atoms with E-state index >= 15 is 0 Å². The fourth-order valence-corrected chi connectivity index (χ4v) is 5.66. The molecule has 0 saturated heterocycles. The van der Waals surface area contributed by atoms with E-state index in [1.165, 1.54) is 17.2 Å². The lowest BCUT2D eigenvalue weighted by Gasteiger charge is -2.31. The Hall–Kier alpha value is -4.62. The molecular weight excluding hydrogens is 456 g/mol. The first-order valence-corrected chi connectivity index (χ1v) is 12.6. The normalized spacial score (nSPS) is 13.4. The van der Waals surface area contributed by atoms with Crippen molar-refractivity contribution >= 4 is 29.1 Å². The number of anilines is 3. The molecule has 182 valence electrons. The summed E-state index contributed by atoms with van der Waals surface area (Å²) >= 11 is 0. The highest BCUT2D eigenvalue weighted by Crippen LogP contribution is 2.54. The highest BCUT2D eigenvalue weighted by atomic mass is 16.4. The number of nitriles is 1. The fourth-order valence-electron chi connectivity index (χ4n) is 5.66. The van der Waals surface area contributed by atoms with Crippen LogP contribution < -0.4 is 4.90 Å². The number of nitrogens with zero attached hydrogens (tertiary/aromatic N) is 2. The second kappa shape index (κ2) is 9.79. The van der Waals surface area contributed by atoms with E-state index in [1.807, 2.05) is 24.3 Å². The van der Waals surface area contributed by atoms with Crippen LogP contribution in [0.25, 0.3) is 17.2 Å². The van der Waals surface area contributed by atoms with Crippen molar-refractivity contribution in [3.63, 3.8) is 0 Å². The summed E-state index contributed by atoms with van der Waals surface area (Å²) in [6.45, 7) is 4.46. The summed E-state index contributed by atoms with van der Waals surface area (Å²) < 4.78 is 0. The molecule has 5 rings (SSSR count). The van der Waals surface area contributed by atoms with Gasteiger partial charge in [-0.3, -0.25) is 0 Å².